The number of hydrogen-bond donors (Lipinski definition) is 1. The third kappa shape index (κ3) is 5.44. The Labute approximate surface area is 194 Å². The lowest BCUT2D eigenvalue weighted by Crippen LogP contribution is -2.35. The monoisotopic (exact) mass is 436 g/mol. The van der Waals surface area contributed by atoms with Crippen LogP contribution in [-0.4, -0.2) is 21.9 Å². The molecule has 2 N–H and O–H groups in total. The lowest BCUT2D eigenvalue weighted by atomic mass is 10.00. The van der Waals surface area contributed by atoms with Crippen LogP contribution < -0.4 is 10.6 Å². The smallest absolute Gasteiger partial charge is 0.267 e. The fourth-order valence-electron chi connectivity index (χ4n) is 4.05. The molecule has 0 bridgehead atoms. The molecule has 1 atom stereocenters. The zero-order chi connectivity index (χ0) is 23.0. The first-order valence-corrected chi connectivity index (χ1v) is 11.3. The SMILES string of the molecule is CCCC(Cc1ccccc1)N(c1ccccc1)c1nc(C(N)=O)cc(-c2ccccc2)n1. The van der Waals surface area contributed by atoms with Gasteiger partial charge in [-0.3, -0.25) is 4.79 Å². The van der Waals surface area contributed by atoms with Gasteiger partial charge in [-0.25, -0.2) is 9.97 Å². The first-order chi connectivity index (χ1) is 16.2. The summed E-state index contributed by atoms with van der Waals surface area (Å²) < 4.78 is 0. The Morgan fingerprint density at radius 2 is 1.48 bits per heavy atom. The Hall–Kier alpha value is -3.99. The van der Waals surface area contributed by atoms with Crippen LogP contribution >= 0.6 is 0 Å². The number of nitrogens with zero attached hydrogens (tertiary/aromatic N) is 3. The minimum absolute atomic E-state index is 0.103. The van der Waals surface area contributed by atoms with Crippen LogP contribution in [0.1, 0.15) is 35.8 Å². The summed E-state index contributed by atoms with van der Waals surface area (Å²) >= 11 is 0. The Kier molecular flexibility index (Phi) is 7.10. The van der Waals surface area contributed by atoms with Crippen LogP contribution in [0.25, 0.3) is 11.3 Å². The summed E-state index contributed by atoms with van der Waals surface area (Å²) in [5.41, 5.74) is 9.68. The topological polar surface area (TPSA) is 72.1 Å². The Morgan fingerprint density at radius 3 is 2.09 bits per heavy atom. The van der Waals surface area contributed by atoms with Gasteiger partial charge in [0.25, 0.3) is 5.91 Å². The molecule has 0 radical (unpaired) electrons. The Bertz CT molecular complexity index is 1180. The maximum atomic E-state index is 12.2. The zero-order valence-corrected chi connectivity index (χ0v) is 18.8. The molecule has 3 aromatic carbocycles. The van der Waals surface area contributed by atoms with E-state index in [0.717, 1.165) is 30.5 Å². The van der Waals surface area contributed by atoms with Crippen molar-refractivity contribution >= 4 is 17.5 Å². The van der Waals surface area contributed by atoms with Crippen molar-refractivity contribution in [1.29, 1.82) is 0 Å². The van der Waals surface area contributed by atoms with E-state index >= 15 is 0 Å². The number of hydrogen-bond acceptors (Lipinski definition) is 4. The van der Waals surface area contributed by atoms with Gasteiger partial charge < -0.3 is 10.6 Å². The van der Waals surface area contributed by atoms with Gasteiger partial charge in [0, 0.05) is 17.3 Å². The van der Waals surface area contributed by atoms with Crippen molar-refractivity contribution in [1.82, 2.24) is 9.97 Å². The number of anilines is 2. The van der Waals surface area contributed by atoms with Crippen LogP contribution in [0.15, 0.2) is 97.1 Å². The molecular formula is C28H28N4O. The second-order valence-corrected chi connectivity index (χ2v) is 8.01. The standard InChI is InChI=1S/C28H28N4O/c1-2-12-24(19-21-13-6-3-7-14-21)32(23-17-10-5-11-18-23)28-30-25(20-26(31-28)27(29)33)22-15-8-4-9-16-22/h3-11,13-18,20,24H,2,12,19H2,1H3,(H2,29,33). The molecule has 1 heterocycles. The van der Waals surface area contributed by atoms with Crippen molar-refractivity contribution in [2.24, 2.45) is 5.73 Å². The number of nitrogens with two attached hydrogens (primary N) is 1. The summed E-state index contributed by atoms with van der Waals surface area (Å²) in [6.07, 6.45) is 2.77. The number of amides is 1. The molecule has 0 saturated heterocycles. The van der Waals surface area contributed by atoms with E-state index in [9.17, 15) is 4.79 Å². The summed E-state index contributed by atoms with van der Waals surface area (Å²) in [6.45, 7) is 2.18. The molecule has 0 aliphatic heterocycles. The van der Waals surface area contributed by atoms with E-state index in [0.29, 0.717) is 11.6 Å². The highest BCUT2D eigenvalue weighted by Gasteiger charge is 2.25. The van der Waals surface area contributed by atoms with E-state index in [1.807, 2.05) is 54.6 Å². The molecule has 5 heteroatoms. The molecule has 0 fully saturated rings. The zero-order valence-electron chi connectivity index (χ0n) is 18.8. The third-order valence-electron chi connectivity index (χ3n) is 5.59. The second kappa shape index (κ2) is 10.6. The number of benzene rings is 3. The van der Waals surface area contributed by atoms with Crippen molar-refractivity contribution < 1.29 is 4.79 Å². The molecule has 4 rings (SSSR count). The van der Waals surface area contributed by atoms with E-state index in [2.05, 4.69) is 53.2 Å². The highest BCUT2D eigenvalue weighted by Crippen LogP contribution is 2.31. The molecule has 0 aliphatic rings. The summed E-state index contributed by atoms with van der Waals surface area (Å²) in [4.78, 5) is 23.9. The van der Waals surface area contributed by atoms with Crippen molar-refractivity contribution in [3.05, 3.63) is 108 Å². The van der Waals surface area contributed by atoms with Crippen LogP contribution in [0, 0.1) is 0 Å². The summed E-state index contributed by atoms with van der Waals surface area (Å²) in [7, 11) is 0. The Balaban J connectivity index is 1.86. The van der Waals surface area contributed by atoms with Gasteiger partial charge in [0.2, 0.25) is 5.95 Å². The molecule has 1 unspecified atom stereocenters. The summed E-state index contributed by atoms with van der Waals surface area (Å²) in [5, 5.41) is 0. The average molecular weight is 437 g/mol. The molecule has 0 saturated carbocycles. The van der Waals surface area contributed by atoms with E-state index < -0.39 is 5.91 Å². The van der Waals surface area contributed by atoms with E-state index in [-0.39, 0.29) is 11.7 Å². The van der Waals surface area contributed by atoms with Gasteiger partial charge in [-0.05, 0) is 36.6 Å². The first kappa shape index (κ1) is 22.2. The molecule has 166 valence electrons. The predicted octanol–water partition coefficient (Wildman–Crippen LogP) is 5.79. The minimum atomic E-state index is -0.570. The molecule has 1 aromatic heterocycles. The second-order valence-electron chi connectivity index (χ2n) is 8.01. The third-order valence-corrected chi connectivity index (χ3v) is 5.59. The number of carbonyl (C=O) groups is 1. The van der Waals surface area contributed by atoms with Crippen LogP contribution in [-0.2, 0) is 6.42 Å². The lowest BCUT2D eigenvalue weighted by molar-refractivity contribution is 0.0995. The molecular weight excluding hydrogens is 408 g/mol. The largest absolute Gasteiger partial charge is 0.364 e. The van der Waals surface area contributed by atoms with Gasteiger partial charge in [-0.15, -0.1) is 0 Å². The molecule has 0 aliphatic carbocycles. The highest BCUT2D eigenvalue weighted by atomic mass is 16.1. The van der Waals surface area contributed by atoms with Crippen molar-refractivity contribution in [3.63, 3.8) is 0 Å². The summed E-state index contributed by atoms with van der Waals surface area (Å²) in [6, 6.07) is 32.1. The quantitative estimate of drug-likeness (QED) is 0.360. The number of rotatable bonds is 9. The molecule has 33 heavy (non-hydrogen) atoms. The van der Waals surface area contributed by atoms with E-state index in [1.165, 1.54) is 5.56 Å². The summed E-state index contributed by atoms with van der Waals surface area (Å²) in [5.74, 6) is -0.0929. The van der Waals surface area contributed by atoms with Crippen LogP contribution in [0.4, 0.5) is 11.6 Å². The van der Waals surface area contributed by atoms with Gasteiger partial charge in [0.05, 0.1) is 5.69 Å². The maximum absolute atomic E-state index is 12.2. The highest BCUT2D eigenvalue weighted by molar-refractivity contribution is 5.92. The van der Waals surface area contributed by atoms with Crippen LogP contribution in [0.3, 0.4) is 0 Å². The number of para-hydroxylation sites is 1. The lowest BCUT2D eigenvalue weighted by Gasteiger charge is -2.32. The average Bonchev–Trinajstić information content (AvgIpc) is 2.86. The van der Waals surface area contributed by atoms with Gasteiger partial charge in [-0.1, -0.05) is 92.2 Å². The van der Waals surface area contributed by atoms with Gasteiger partial charge in [0.15, 0.2) is 0 Å². The normalized spacial score (nSPS) is 11.7. The number of aromatic nitrogens is 2. The van der Waals surface area contributed by atoms with Crippen molar-refractivity contribution in [2.75, 3.05) is 4.90 Å². The van der Waals surface area contributed by atoms with Crippen LogP contribution in [0.5, 0.6) is 0 Å². The fourth-order valence-corrected chi connectivity index (χ4v) is 4.05. The minimum Gasteiger partial charge on any atom is -0.364 e. The number of carbonyl (C=O) groups excluding carboxylic acids is 1. The van der Waals surface area contributed by atoms with Crippen LogP contribution in [0.2, 0.25) is 0 Å². The molecule has 5 nitrogen and oxygen atoms in total. The van der Waals surface area contributed by atoms with Gasteiger partial charge in [0.1, 0.15) is 5.69 Å². The fraction of sp³-hybridized carbons (Fsp3) is 0.179. The Morgan fingerprint density at radius 1 is 0.879 bits per heavy atom. The van der Waals surface area contributed by atoms with Gasteiger partial charge in [-0.2, -0.15) is 0 Å². The number of primary amides is 1. The van der Waals surface area contributed by atoms with Gasteiger partial charge >= 0.3 is 0 Å². The van der Waals surface area contributed by atoms with E-state index in [1.54, 1.807) is 6.07 Å². The maximum Gasteiger partial charge on any atom is 0.267 e. The molecule has 4 aromatic rings. The van der Waals surface area contributed by atoms with Crippen molar-refractivity contribution in [2.45, 2.75) is 32.2 Å². The first-order valence-electron chi connectivity index (χ1n) is 11.3. The predicted molar refractivity (Wildman–Crippen MR) is 133 cm³/mol. The molecule has 1 amide bonds. The molecule has 0 spiro atoms. The van der Waals surface area contributed by atoms with Crippen molar-refractivity contribution in [3.8, 4) is 11.3 Å². The van der Waals surface area contributed by atoms with E-state index in [4.69, 9.17) is 10.7 Å².